The Kier molecular flexibility index (Phi) is 5.02. The SMILES string of the molecule is CCCC(c1ccccc1)C1OC(=O)C(C(c2ccccc2)C2CC2)=C1O. The number of benzene rings is 2. The first-order chi connectivity index (χ1) is 13.2. The van der Waals surface area contributed by atoms with E-state index in [0.717, 1.165) is 36.8 Å². The molecule has 3 atom stereocenters. The number of carbonyl (C=O) groups excluding carboxylic acids is 1. The maximum absolute atomic E-state index is 12.8. The van der Waals surface area contributed by atoms with E-state index in [1.165, 1.54) is 0 Å². The standard InChI is InChI=1S/C24H26O3/c1-2-9-19(16-10-5-3-6-11-16)23-22(25)21(24(26)27-23)20(18-14-15-18)17-12-7-4-8-13-17/h3-8,10-13,18-20,23,25H,2,9,14-15H2,1H3. The summed E-state index contributed by atoms with van der Waals surface area (Å²) in [6, 6.07) is 20.1. The highest BCUT2D eigenvalue weighted by Crippen LogP contribution is 2.50. The number of rotatable bonds is 7. The van der Waals surface area contributed by atoms with Crippen LogP contribution in [-0.2, 0) is 9.53 Å². The summed E-state index contributed by atoms with van der Waals surface area (Å²) in [5.74, 6) is 0.116. The van der Waals surface area contributed by atoms with E-state index in [1.807, 2.05) is 48.5 Å². The van der Waals surface area contributed by atoms with Crippen LogP contribution < -0.4 is 0 Å². The minimum atomic E-state index is -0.584. The van der Waals surface area contributed by atoms with Crippen molar-refractivity contribution < 1.29 is 14.6 Å². The molecule has 2 aromatic rings. The minimum absolute atomic E-state index is 0.0201. The normalized spacial score (nSPS) is 21.8. The average molecular weight is 362 g/mol. The van der Waals surface area contributed by atoms with Crippen LogP contribution in [0.25, 0.3) is 0 Å². The van der Waals surface area contributed by atoms with Crippen molar-refractivity contribution in [2.24, 2.45) is 5.92 Å². The first-order valence-corrected chi connectivity index (χ1v) is 9.94. The van der Waals surface area contributed by atoms with E-state index in [9.17, 15) is 9.90 Å². The molecule has 3 unspecified atom stereocenters. The molecule has 2 aliphatic rings. The fourth-order valence-corrected chi connectivity index (χ4v) is 4.32. The smallest absolute Gasteiger partial charge is 0.338 e. The predicted octanol–water partition coefficient (Wildman–Crippen LogP) is 5.50. The Morgan fingerprint density at radius 1 is 1.00 bits per heavy atom. The van der Waals surface area contributed by atoms with Gasteiger partial charge in [0.15, 0.2) is 6.10 Å². The Hall–Kier alpha value is -2.55. The second-order valence-electron chi connectivity index (χ2n) is 7.66. The summed E-state index contributed by atoms with van der Waals surface area (Å²) < 4.78 is 5.77. The van der Waals surface area contributed by atoms with Gasteiger partial charge in [0.1, 0.15) is 5.76 Å². The summed E-state index contributed by atoms with van der Waals surface area (Å²) in [7, 11) is 0. The summed E-state index contributed by atoms with van der Waals surface area (Å²) in [5, 5.41) is 11.1. The number of cyclic esters (lactones) is 1. The Balaban J connectivity index is 1.72. The van der Waals surface area contributed by atoms with Crippen molar-refractivity contribution in [1.29, 1.82) is 0 Å². The van der Waals surface area contributed by atoms with Gasteiger partial charge in [0.2, 0.25) is 0 Å². The van der Waals surface area contributed by atoms with E-state index in [2.05, 4.69) is 19.1 Å². The van der Waals surface area contributed by atoms with E-state index >= 15 is 0 Å². The Morgan fingerprint density at radius 3 is 2.15 bits per heavy atom. The van der Waals surface area contributed by atoms with Crippen LogP contribution in [0.15, 0.2) is 72.0 Å². The molecule has 2 aromatic carbocycles. The van der Waals surface area contributed by atoms with Crippen LogP contribution in [0.1, 0.15) is 55.6 Å². The van der Waals surface area contributed by atoms with Crippen LogP contribution >= 0.6 is 0 Å². The number of hydrogen-bond donors (Lipinski definition) is 1. The molecule has 3 heteroatoms. The topological polar surface area (TPSA) is 46.5 Å². The van der Waals surface area contributed by atoms with Crippen molar-refractivity contribution in [1.82, 2.24) is 0 Å². The summed E-state index contributed by atoms with van der Waals surface area (Å²) >= 11 is 0. The predicted molar refractivity (Wildman–Crippen MR) is 106 cm³/mol. The molecule has 0 aromatic heterocycles. The van der Waals surface area contributed by atoms with Crippen molar-refractivity contribution >= 4 is 5.97 Å². The lowest BCUT2D eigenvalue weighted by Gasteiger charge is -2.23. The maximum Gasteiger partial charge on any atom is 0.338 e. The van der Waals surface area contributed by atoms with E-state index in [-0.39, 0.29) is 23.6 Å². The number of esters is 1. The molecule has 140 valence electrons. The minimum Gasteiger partial charge on any atom is -0.508 e. The third-order valence-corrected chi connectivity index (χ3v) is 5.76. The molecule has 0 saturated heterocycles. The number of carbonyl (C=O) groups is 1. The van der Waals surface area contributed by atoms with Crippen molar-refractivity contribution in [3.8, 4) is 0 Å². The fraction of sp³-hybridized carbons (Fsp3) is 0.375. The number of hydrogen-bond acceptors (Lipinski definition) is 3. The van der Waals surface area contributed by atoms with E-state index in [1.54, 1.807) is 0 Å². The Labute approximate surface area is 160 Å². The molecule has 3 nitrogen and oxygen atoms in total. The van der Waals surface area contributed by atoms with Gasteiger partial charge in [-0.3, -0.25) is 0 Å². The molecular formula is C24H26O3. The second-order valence-corrected chi connectivity index (χ2v) is 7.66. The zero-order valence-electron chi connectivity index (χ0n) is 15.7. The molecule has 1 aliphatic carbocycles. The van der Waals surface area contributed by atoms with E-state index in [0.29, 0.717) is 11.5 Å². The van der Waals surface area contributed by atoms with Gasteiger partial charge in [-0.15, -0.1) is 0 Å². The van der Waals surface area contributed by atoms with E-state index in [4.69, 9.17) is 4.74 Å². The molecule has 27 heavy (non-hydrogen) atoms. The van der Waals surface area contributed by atoms with Crippen LogP contribution in [0.5, 0.6) is 0 Å². The van der Waals surface area contributed by atoms with Crippen molar-refractivity contribution in [3.63, 3.8) is 0 Å². The third-order valence-electron chi connectivity index (χ3n) is 5.76. The number of ether oxygens (including phenoxy) is 1. The molecule has 1 N–H and O–H groups in total. The van der Waals surface area contributed by atoms with Crippen LogP contribution in [0.4, 0.5) is 0 Å². The van der Waals surface area contributed by atoms with Crippen molar-refractivity contribution in [2.45, 2.75) is 50.5 Å². The largest absolute Gasteiger partial charge is 0.508 e. The molecular weight excluding hydrogens is 336 g/mol. The van der Waals surface area contributed by atoms with Gasteiger partial charge in [-0.05, 0) is 36.3 Å². The van der Waals surface area contributed by atoms with Gasteiger partial charge in [-0.25, -0.2) is 4.79 Å². The maximum atomic E-state index is 12.8. The first-order valence-electron chi connectivity index (χ1n) is 9.94. The molecule has 1 fully saturated rings. The van der Waals surface area contributed by atoms with Gasteiger partial charge in [0.25, 0.3) is 0 Å². The van der Waals surface area contributed by atoms with Gasteiger partial charge >= 0.3 is 5.97 Å². The van der Waals surface area contributed by atoms with Crippen molar-refractivity contribution in [3.05, 3.63) is 83.1 Å². The Bertz CT molecular complexity index is 821. The highest BCUT2D eigenvalue weighted by atomic mass is 16.6. The average Bonchev–Trinajstić information content (AvgIpc) is 3.50. The molecule has 4 rings (SSSR count). The van der Waals surface area contributed by atoms with Gasteiger partial charge in [-0.2, -0.15) is 0 Å². The Morgan fingerprint density at radius 2 is 1.59 bits per heavy atom. The zero-order chi connectivity index (χ0) is 18.8. The summed E-state index contributed by atoms with van der Waals surface area (Å²) in [4.78, 5) is 12.8. The fourth-order valence-electron chi connectivity index (χ4n) is 4.32. The first kappa shape index (κ1) is 17.8. The van der Waals surface area contributed by atoms with Crippen LogP contribution in [0.3, 0.4) is 0 Å². The molecule has 1 heterocycles. The highest BCUT2D eigenvalue weighted by molar-refractivity contribution is 5.93. The quantitative estimate of drug-likeness (QED) is 0.661. The number of aliphatic hydroxyl groups excluding tert-OH is 1. The van der Waals surface area contributed by atoms with Crippen molar-refractivity contribution in [2.75, 3.05) is 0 Å². The lowest BCUT2D eigenvalue weighted by Crippen LogP contribution is -2.22. The van der Waals surface area contributed by atoms with E-state index < -0.39 is 6.10 Å². The summed E-state index contributed by atoms with van der Waals surface area (Å²) in [6.07, 6.45) is 3.41. The molecule has 1 aliphatic heterocycles. The van der Waals surface area contributed by atoms with Gasteiger partial charge in [-0.1, -0.05) is 74.0 Å². The molecule has 0 bridgehead atoms. The molecule has 0 spiro atoms. The summed E-state index contributed by atoms with van der Waals surface area (Å²) in [6.45, 7) is 2.12. The lowest BCUT2D eigenvalue weighted by atomic mass is 9.83. The van der Waals surface area contributed by atoms with Gasteiger partial charge in [0.05, 0.1) is 5.57 Å². The monoisotopic (exact) mass is 362 g/mol. The third kappa shape index (κ3) is 3.51. The summed E-state index contributed by atoms with van der Waals surface area (Å²) in [5.41, 5.74) is 2.67. The van der Waals surface area contributed by atoms with Gasteiger partial charge < -0.3 is 9.84 Å². The van der Waals surface area contributed by atoms with Crippen LogP contribution in [-0.4, -0.2) is 17.2 Å². The van der Waals surface area contributed by atoms with Crippen LogP contribution in [0.2, 0.25) is 0 Å². The molecule has 0 radical (unpaired) electrons. The second kappa shape index (κ2) is 7.59. The lowest BCUT2D eigenvalue weighted by molar-refractivity contribution is -0.141. The van der Waals surface area contributed by atoms with Crippen LogP contribution in [0, 0.1) is 5.92 Å². The molecule has 0 amide bonds. The zero-order valence-corrected chi connectivity index (χ0v) is 15.7. The number of aliphatic hydroxyl groups is 1. The van der Waals surface area contributed by atoms with Gasteiger partial charge in [0, 0.05) is 11.8 Å². The molecule has 1 saturated carbocycles. The highest BCUT2D eigenvalue weighted by Gasteiger charge is 2.47.